The van der Waals surface area contributed by atoms with E-state index in [0.29, 0.717) is 21.0 Å². The van der Waals surface area contributed by atoms with Crippen LogP contribution >= 0.6 is 23.8 Å². The van der Waals surface area contributed by atoms with Crippen LogP contribution < -0.4 is 0 Å². The summed E-state index contributed by atoms with van der Waals surface area (Å²) in [5.74, 6) is 0.696. The molecule has 3 aromatic rings. The lowest BCUT2D eigenvalue weighted by Crippen LogP contribution is -1.82. The van der Waals surface area contributed by atoms with Crippen LogP contribution in [-0.2, 0) is 0 Å². The topological polar surface area (TPSA) is 41.8 Å². The van der Waals surface area contributed by atoms with Gasteiger partial charge >= 0.3 is 0 Å². The zero-order chi connectivity index (χ0) is 11.8. The summed E-state index contributed by atoms with van der Waals surface area (Å²) in [5.41, 5.74) is 1.47. The minimum absolute atomic E-state index is 0.519. The summed E-state index contributed by atoms with van der Waals surface area (Å²) in [7, 11) is 0. The van der Waals surface area contributed by atoms with Gasteiger partial charge in [0.05, 0.1) is 17.0 Å². The first kappa shape index (κ1) is 10.5. The van der Waals surface area contributed by atoms with Gasteiger partial charge in [-0.1, -0.05) is 36.0 Å². The van der Waals surface area contributed by atoms with Gasteiger partial charge in [0.2, 0.25) is 0 Å². The summed E-state index contributed by atoms with van der Waals surface area (Å²) in [4.78, 5) is 6.92. The van der Waals surface area contributed by atoms with Gasteiger partial charge in [-0.2, -0.15) is 0 Å². The van der Waals surface area contributed by atoms with Gasteiger partial charge in [0, 0.05) is 11.5 Å². The molecular formula is C12H7ClN2OS. The van der Waals surface area contributed by atoms with Crippen molar-refractivity contribution in [1.29, 1.82) is 0 Å². The van der Waals surface area contributed by atoms with Crippen LogP contribution in [0.1, 0.15) is 0 Å². The van der Waals surface area contributed by atoms with E-state index in [1.807, 2.05) is 18.2 Å². The third-order valence-corrected chi connectivity index (χ3v) is 2.96. The fraction of sp³-hybridized carbons (Fsp3) is 0. The number of aromatic amines is 1. The third-order valence-electron chi connectivity index (χ3n) is 2.44. The highest BCUT2D eigenvalue weighted by Crippen LogP contribution is 2.30. The minimum Gasteiger partial charge on any atom is -0.453 e. The standard InChI is InChI=1S/C12H7ClN2OS/c13-8-3-1-2-7-4-10(16-12(7)8)9-5-11(17)15-6-14-9/h1-6H,(H,14,15,17). The van der Waals surface area contributed by atoms with Crippen LogP contribution in [0.5, 0.6) is 0 Å². The molecule has 0 saturated carbocycles. The van der Waals surface area contributed by atoms with Crippen LogP contribution in [0, 0.1) is 4.64 Å². The smallest absolute Gasteiger partial charge is 0.153 e. The molecule has 0 radical (unpaired) electrons. The van der Waals surface area contributed by atoms with Crippen molar-refractivity contribution in [2.75, 3.05) is 0 Å². The van der Waals surface area contributed by atoms with Gasteiger partial charge in [-0.15, -0.1) is 0 Å². The van der Waals surface area contributed by atoms with E-state index < -0.39 is 0 Å². The number of rotatable bonds is 1. The average Bonchev–Trinajstić information content (AvgIpc) is 2.74. The van der Waals surface area contributed by atoms with E-state index in [2.05, 4.69) is 9.97 Å². The number of furan rings is 1. The van der Waals surface area contributed by atoms with Crippen LogP contribution in [0.25, 0.3) is 22.4 Å². The largest absolute Gasteiger partial charge is 0.453 e. The molecule has 5 heteroatoms. The van der Waals surface area contributed by atoms with Gasteiger partial charge < -0.3 is 9.40 Å². The van der Waals surface area contributed by atoms with E-state index in [1.54, 1.807) is 18.5 Å². The zero-order valence-electron chi connectivity index (χ0n) is 8.61. The monoisotopic (exact) mass is 262 g/mol. The van der Waals surface area contributed by atoms with E-state index in [0.717, 1.165) is 11.1 Å². The predicted octanol–water partition coefficient (Wildman–Crippen LogP) is 4.21. The highest BCUT2D eigenvalue weighted by Gasteiger charge is 2.08. The highest BCUT2D eigenvalue weighted by molar-refractivity contribution is 7.71. The number of hydrogen-bond donors (Lipinski definition) is 1. The Balaban J connectivity index is 2.25. The average molecular weight is 263 g/mol. The van der Waals surface area contributed by atoms with Crippen molar-refractivity contribution in [3.05, 3.63) is 46.3 Å². The summed E-state index contributed by atoms with van der Waals surface area (Å²) in [6.07, 6.45) is 1.55. The summed E-state index contributed by atoms with van der Waals surface area (Å²) in [6.45, 7) is 0. The second-order valence-electron chi connectivity index (χ2n) is 3.57. The highest BCUT2D eigenvalue weighted by atomic mass is 35.5. The molecule has 0 fully saturated rings. The summed E-state index contributed by atoms with van der Waals surface area (Å²) in [5, 5.41) is 1.56. The van der Waals surface area contributed by atoms with Gasteiger partial charge in [-0.05, 0) is 12.1 Å². The molecule has 84 valence electrons. The zero-order valence-corrected chi connectivity index (χ0v) is 10.2. The number of fused-ring (bicyclic) bond motifs is 1. The minimum atomic E-state index is 0.519. The molecule has 0 bridgehead atoms. The Kier molecular flexibility index (Phi) is 2.46. The molecular weight excluding hydrogens is 256 g/mol. The van der Waals surface area contributed by atoms with Crippen molar-refractivity contribution in [1.82, 2.24) is 9.97 Å². The van der Waals surface area contributed by atoms with Crippen molar-refractivity contribution in [3.8, 4) is 11.5 Å². The fourth-order valence-electron chi connectivity index (χ4n) is 1.67. The van der Waals surface area contributed by atoms with Crippen LogP contribution in [0.4, 0.5) is 0 Å². The molecule has 0 aliphatic heterocycles. The molecule has 0 saturated heterocycles. The lowest BCUT2D eigenvalue weighted by Gasteiger charge is -1.95. The lowest BCUT2D eigenvalue weighted by atomic mass is 10.2. The van der Waals surface area contributed by atoms with Crippen LogP contribution in [0.15, 0.2) is 41.1 Å². The Labute approximate surface area is 107 Å². The van der Waals surface area contributed by atoms with Crippen molar-refractivity contribution in [3.63, 3.8) is 0 Å². The number of aromatic nitrogens is 2. The first-order chi connectivity index (χ1) is 8.24. The fourth-order valence-corrected chi connectivity index (χ4v) is 2.06. The first-order valence-corrected chi connectivity index (χ1v) is 5.76. The molecule has 0 aliphatic rings. The second-order valence-corrected chi connectivity index (χ2v) is 4.39. The summed E-state index contributed by atoms with van der Waals surface area (Å²) in [6, 6.07) is 9.30. The van der Waals surface area contributed by atoms with Crippen molar-refractivity contribution >= 4 is 34.8 Å². The van der Waals surface area contributed by atoms with Crippen molar-refractivity contribution in [2.45, 2.75) is 0 Å². The van der Waals surface area contributed by atoms with Crippen LogP contribution in [-0.4, -0.2) is 9.97 Å². The third kappa shape index (κ3) is 1.85. The molecule has 0 aliphatic carbocycles. The van der Waals surface area contributed by atoms with E-state index in [1.165, 1.54) is 0 Å². The maximum Gasteiger partial charge on any atom is 0.153 e. The SMILES string of the molecule is S=c1cc(-c2cc3cccc(Cl)c3o2)[nH]cn1. The molecule has 2 heterocycles. The van der Waals surface area contributed by atoms with Crippen molar-refractivity contribution < 1.29 is 4.42 Å². The van der Waals surface area contributed by atoms with Crippen molar-refractivity contribution in [2.24, 2.45) is 0 Å². The summed E-state index contributed by atoms with van der Waals surface area (Å²) >= 11 is 11.1. The molecule has 17 heavy (non-hydrogen) atoms. The number of nitrogens with one attached hydrogen (secondary N) is 1. The Bertz CT molecular complexity index is 747. The van der Waals surface area contributed by atoms with Gasteiger partial charge in [0.15, 0.2) is 11.3 Å². The van der Waals surface area contributed by atoms with E-state index in [-0.39, 0.29) is 0 Å². The first-order valence-electron chi connectivity index (χ1n) is 4.97. The van der Waals surface area contributed by atoms with E-state index in [4.69, 9.17) is 28.2 Å². The van der Waals surface area contributed by atoms with Crippen LogP contribution in [0.3, 0.4) is 0 Å². The number of nitrogens with zero attached hydrogens (tertiary/aromatic N) is 1. The molecule has 3 rings (SSSR count). The van der Waals surface area contributed by atoms with Gasteiger partial charge in [-0.25, -0.2) is 4.98 Å². The Morgan fingerprint density at radius 3 is 2.94 bits per heavy atom. The number of H-pyrrole nitrogens is 1. The molecule has 0 amide bonds. The maximum atomic E-state index is 6.05. The molecule has 1 N–H and O–H groups in total. The maximum absolute atomic E-state index is 6.05. The normalized spacial score (nSPS) is 10.9. The van der Waals surface area contributed by atoms with E-state index in [9.17, 15) is 0 Å². The predicted molar refractivity (Wildman–Crippen MR) is 69.6 cm³/mol. The van der Waals surface area contributed by atoms with Gasteiger partial charge in [-0.3, -0.25) is 0 Å². The quantitative estimate of drug-likeness (QED) is 0.668. The summed E-state index contributed by atoms with van der Waals surface area (Å²) < 4.78 is 6.22. The number of hydrogen-bond acceptors (Lipinski definition) is 3. The number of halogens is 1. The van der Waals surface area contributed by atoms with Gasteiger partial charge in [0.1, 0.15) is 4.64 Å². The molecule has 0 spiro atoms. The Hall–Kier alpha value is -1.65. The lowest BCUT2D eigenvalue weighted by molar-refractivity contribution is 0.628. The van der Waals surface area contributed by atoms with Gasteiger partial charge in [0.25, 0.3) is 0 Å². The van der Waals surface area contributed by atoms with E-state index >= 15 is 0 Å². The molecule has 2 aromatic heterocycles. The Morgan fingerprint density at radius 1 is 1.29 bits per heavy atom. The second kappa shape index (κ2) is 3.98. The Morgan fingerprint density at radius 2 is 2.18 bits per heavy atom. The molecule has 1 aromatic carbocycles. The molecule has 3 nitrogen and oxygen atoms in total. The molecule has 0 unspecified atom stereocenters. The number of para-hydroxylation sites is 1. The van der Waals surface area contributed by atoms with Crippen LogP contribution in [0.2, 0.25) is 5.02 Å². The number of benzene rings is 1. The molecule has 0 atom stereocenters.